The number of carbonyl (C=O) groups excluding carboxylic acids is 6. The van der Waals surface area contributed by atoms with Gasteiger partial charge in [-0.05, 0) is 167 Å². The van der Waals surface area contributed by atoms with Crippen LogP contribution in [0.3, 0.4) is 0 Å². The van der Waals surface area contributed by atoms with Gasteiger partial charge in [-0.3, -0.25) is 28.8 Å². The van der Waals surface area contributed by atoms with Gasteiger partial charge < -0.3 is 43.4 Å². The largest absolute Gasteiger partial charge is 0.399 e. The maximum Gasteiger partial charge on any atom is 0.319 e. The van der Waals surface area contributed by atoms with Crippen molar-refractivity contribution in [2.24, 2.45) is 15.0 Å². The number of nitrogens with two attached hydrogens (primary N) is 2. The van der Waals surface area contributed by atoms with Crippen molar-refractivity contribution < 1.29 is 28.8 Å². The van der Waals surface area contributed by atoms with Gasteiger partial charge in [0, 0.05) is 63.7 Å². The van der Waals surface area contributed by atoms with E-state index in [2.05, 4.69) is 46.9 Å². The van der Waals surface area contributed by atoms with Crippen LogP contribution in [0.2, 0.25) is 0 Å². The zero-order valence-electron chi connectivity index (χ0n) is 45.0. The Morgan fingerprint density at radius 2 is 0.429 bits per heavy atom. The molecule has 11 rings (SSSR count). The van der Waals surface area contributed by atoms with Crippen LogP contribution in [0.15, 0.2) is 244 Å². The first-order chi connectivity index (χ1) is 40.7. The Balaban J connectivity index is 0.660. The number of carbonyl (C=O) groups is 6. The molecule has 8 aromatic rings. The van der Waals surface area contributed by atoms with Gasteiger partial charge in [-0.2, -0.15) is 15.0 Å². The van der Waals surface area contributed by atoms with E-state index < -0.39 is 35.1 Å². The Morgan fingerprint density at radius 1 is 0.250 bits per heavy atom. The molecule has 0 saturated carbocycles. The molecule has 412 valence electrons. The molecule has 17 heteroatoms. The van der Waals surface area contributed by atoms with E-state index in [4.69, 9.17) is 11.5 Å². The predicted octanol–water partition coefficient (Wildman–Crippen LogP) is 9.96. The predicted molar refractivity (Wildman–Crippen MR) is 330 cm³/mol. The molecule has 3 aliphatic rings. The highest BCUT2D eigenvalue weighted by molar-refractivity contribution is 6.48. The number of rotatable bonds is 17. The van der Waals surface area contributed by atoms with E-state index in [0.717, 1.165) is 63.0 Å². The SMILES string of the molecule is Nc1ccc(Cc2ccc(NC3=CC(=O)C(=O)N=C3Nc3ccc(Cc4ccc(NC5=CC(=O)C(=O)N=C5Nc5ccc(Cc6ccc(NC7=CC(=O)C(=O)N=C7Nc7ccc(Cc8ccc(N)cc8)cc7)cc6)cc5)cc4)cc3)cc2)cc1. The number of nitrogens with one attached hydrogen (secondary N) is 6. The maximum absolute atomic E-state index is 12.6. The normalized spacial score (nSPS) is 14.1. The third-order valence-electron chi connectivity index (χ3n) is 13.8. The average molecular weight is 1110 g/mol. The molecule has 0 fully saturated rings. The first kappa shape index (κ1) is 54.4. The fourth-order valence-electron chi connectivity index (χ4n) is 9.33. The van der Waals surface area contributed by atoms with Crippen molar-refractivity contribution in [1.29, 1.82) is 0 Å². The molecule has 0 atom stereocenters. The van der Waals surface area contributed by atoms with Gasteiger partial charge in [0.15, 0.2) is 17.5 Å². The Bertz CT molecular complexity index is 3810. The van der Waals surface area contributed by atoms with Crippen molar-refractivity contribution >= 4 is 98.1 Å². The Labute approximate surface area is 482 Å². The number of hydrogen-bond donors (Lipinski definition) is 8. The zero-order chi connectivity index (χ0) is 58.1. The number of ketones is 3. The lowest BCUT2D eigenvalue weighted by atomic mass is 10.0. The summed E-state index contributed by atoms with van der Waals surface area (Å²) in [4.78, 5) is 86.9. The van der Waals surface area contributed by atoms with Crippen molar-refractivity contribution in [3.05, 3.63) is 274 Å². The summed E-state index contributed by atoms with van der Waals surface area (Å²) in [6.45, 7) is 0. The van der Waals surface area contributed by atoms with Crippen molar-refractivity contribution in [3.8, 4) is 0 Å². The third-order valence-corrected chi connectivity index (χ3v) is 13.8. The van der Waals surface area contributed by atoms with Crippen LogP contribution in [0.25, 0.3) is 0 Å². The molecule has 8 aromatic carbocycles. The standard InChI is InChI=1S/C67H53N11O6/c68-48-17-1-40(2-18-48)33-42-5-21-50(22-6-42)70-56-37-59(79)66(83)77-63(56)74-54-29-13-46(14-30-54)36-44-9-25-52(26-10-44)72-58-39-61(81)67(84)78-64(58)75-55-31-15-47(16-32-55)35-43-7-23-51(24-8-43)71-57-38-60(80)65(82)76-62(57)73-53-27-11-45(12-28-53)34-41-3-19-49(69)20-4-41/h1-32,37-39,70-72H,33-36,68-69H2,(H,73,76,82)(H,74,77,83)(H,75,78,84). The second-order valence-electron chi connectivity index (χ2n) is 20.2. The lowest BCUT2D eigenvalue weighted by Crippen LogP contribution is -2.29. The molecule has 10 N–H and O–H groups in total. The summed E-state index contributed by atoms with van der Waals surface area (Å²) in [6.07, 6.45) is 6.37. The fourth-order valence-corrected chi connectivity index (χ4v) is 9.33. The van der Waals surface area contributed by atoms with Gasteiger partial charge in [0.1, 0.15) is 0 Å². The average Bonchev–Trinajstić information content (AvgIpc) is 3.67. The summed E-state index contributed by atoms with van der Waals surface area (Å²) in [6, 6.07) is 61.6. The minimum absolute atomic E-state index is 0.188. The first-order valence-electron chi connectivity index (χ1n) is 26.8. The molecule has 0 aromatic heterocycles. The zero-order valence-corrected chi connectivity index (χ0v) is 45.0. The highest BCUT2D eigenvalue weighted by Crippen LogP contribution is 2.25. The monoisotopic (exact) mass is 1110 g/mol. The van der Waals surface area contributed by atoms with Crippen LogP contribution in [0.5, 0.6) is 0 Å². The molecular formula is C67H53N11O6. The third kappa shape index (κ3) is 13.9. The Kier molecular flexibility index (Phi) is 15.8. The number of nitrogen functional groups attached to an aromatic ring is 2. The lowest BCUT2D eigenvalue weighted by Gasteiger charge is -2.18. The summed E-state index contributed by atoms with van der Waals surface area (Å²) >= 11 is 0. The molecule has 0 radical (unpaired) electrons. The van der Waals surface area contributed by atoms with Gasteiger partial charge in [0.25, 0.3) is 0 Å². The second kappa shape index (κ2) is 24.4. The molecule has 0 unspecified atom stereocenters. The summed E-state index contributed by atoms with van der Waals surface area (Å²) in [5, 5.41) is 19.3. The van der Waals surface area contributed by atoms with Gasteiger partial charge in [0.05, 0.1) is 17.1 Å². The molecule has 0 saturated heterocycles. The van der Waals surface area contributed by atoms with Crippen molar-refractivity contribution in [3.63, 3.8) is 0 Å². The molecular weight excluding hydrogens is 1050 g/mol. The van der Waals surface area contributed by atoms with Crippen LogP contribution in [-0.2, 0) is 54.5 Å². The number of hydrogen-bond acceptors (Lipinski definition) is 14. The van der Waals surface area contributed by atoms with Gasteiger partial charge in [-0.25, -0.2) is 0 Å². The molecule has 3 heterocycles. The number of benzene rings is 8. The van der Waals surface area contributed by atoms with E-state index in [1.54, 1.807) is 0 Å². The number of anilines is 8. The molecule has 84 heavy (non-hydrogen) atoms. The number of dihydropyridines is 3. The van der Waals surface area contributed by atoms with Crippen LogP contribution < -0.4 is 43.4 Å². The maximum atomic E-state index is 12.6. The molecule has 0 aliphatic carbocycles. The summed E-state index contributed by atoms with van der Waals surface area (Å²) in [5.41, 5.74) is 26.7. The first-order valence-corrected chi connectivity index (χ1v) is 26.8. The van der Waals surface area contributed by atoms with E-state index in [0.29, 0.717) is 69.7 Å². The fraction of sp³-hybridized carbons (Fsp3) is 0.0597. The van der Waals surface area contributed by atoms with E-state index in [-0.39, 0.29) is 17.5 Å². The van der Waals surface area contributed by atoms with E-state index >= 15 is 0 Å². The molecule has 0 spiro atoms. The summed E-state index contributed by atoms with van der Waals surface area (Å²) in [7, 11) is 0. The quantitative estimate of drug-likeness (QED) is 0.0312. The van der Waals surface area contributed by atoms with Gasteiger partial charge >= 0.3 is 17.7 Å². The van der Waals surface area contributed by atoms with Crippen LogP contribution >= 0.6 is 0 Å². The molecule has 17 nitrogen and oxygen atoms in total. The highest BCUT2D eigenvalue weighted by atomic mass is 16.2. The van der Waals surface area contributed by atoms with E-state index in [1.165, 1.54) is 18.2 Å². The molecule has 3 amide bonds. The Hall–Kier alpha value is -11.6. The van der Waals surface area contributed by atoms with Gasteiger partial charge in [0.2, 0.25) is 17.3 Å². The molecule has 3 aliphatic heterocycles. The molecule has 0 bridgehead atoms. The number of amides is 3. The lowest BCUT2D eigenvalue weighted by molar-refractivity contribution is -0.133. The highest BCUT2D eigenvalue weighted by Gasteiger charge is 2.26. The van der Waals surface area contributed by atoms with Gasteiger partial charge in [-0.1, -0.05) is 97.1 Å². The number of aliphatic imine (C=N–C) groups is 3. The Morgan fingerprint density at radius 3 is 0.631 bits per heavy atom. The topological polar surface area (TPSA) is 264 Å². The number of amidine groups is 3. The summed E-state index contributed by atoms with van der Waals surface area (Å²) in [5.74, 6) is -4.18. The van der Waals surface area contributed by atoms with Crippen LogP contribution in [-0.4, -0.2) is 52.6 Å². The van der Waals surface area contributed by atoms with Crippen LogP contribution in [0.1, 0.15) is 44.5 Å². The second-order valence-corrected chi connectivity index (χ2v) is 20.2. The smallest absolute Gasteiger partial charge is 0.319 e. The van der Waals surface area contributed by atoms with Crippen LogP contribution in [0.4, 0.5) is 45.5 Å². The summed E-state index contributed by atoms with van der Waals surface area (Å²) < 4.78 is 0. The van der Waals surface area contributed by atoms with E-state index in [9.17, 15) is 28.8 Å². The van der Waals surface area contributed by atoms with Crippen molar-refractivity contribution in [1.82, 2.24) is 0 Å². The van der Waals surface area contributed by atoms with Crippen LogP contribution in [0, 0.1) is 0 Å². The van der Waals surface area contributed by atoms with Crippen molar-refractivity contribution in [2.45, 2.75) is 25.7 Å². The minimum Gasteiger partial charge on any atom is -0.399 e. The van der Waals surface area contributed by atoms with Gasteiger partial charge in [-0.15, -0.1) is 0 Å². The van der Waals surface area contributed by atoms with Crippen molar-refractivity contribution in [2.75, 3.05) is 43.4 Å². The number of nitrogens with zero attached hydrogens (tertiary/aromatic N) is 3. The minimum atomic E-state index is -0.887. The van der Waals surface area contributed by atoms with E-state index in [1.807, 2.05) is 194 Å².